The van der Waals surface area contributed by atoms with E-state index in [0.29, 0.717) is 62.1 Å². The topological polar surface area (TPSA) is 208 Å². The fourth-order valence-electron chi connectivity index (χ4n) is 6.79. The van der Waals surface area contributed by atoms with Crippen LogP contribution in [0.4, 0.5) is 0 Å². The number of hydrogen-bond acceptors (Lipinski definition) is 9. The summed E-state index contributed by atoms with van der Waals surface area (Å²) in [6.45, 7) is 5.28. The molecule has 0 fully saturated rings. The highest BCUT2D eigenvalue weighted by Gasteiger charge is 2.28. The lowest BCUT2D eigenvalue weighted by atomic mass is 9.99. The van der Waals surface area contributed by atoms with Crippen molar-refractivity contribution in [2.45, 2.75) is 112 Å². The molecule has 6 atom stereocenters. The molecule has 13 heteroatoms. The van der Waals surface area contributed by atoms with Crippen LogP contribution in [-0.2, 0) is 16.0 Å². The molecule has 0 bridgehead atoms. The SMILES string of the molecule is C.C.C.C.CC(=O)NCC1CC(=O)c2ccccc2O1.CC(=O)NCC1CC(O)c2ccccc2O1.[NH3+]CC1CC(O)c2ccccc2O1.[NH3+]CC1CCc2ccccc2O1. The lowest BCUT2D eigenvalue weighted by Gasteiger charge is -2.29. The summed E-state index contributed by atoms with van der Waals surface area (Å²) in [6.07, 6.45) is 2.80. The number of nitrogens with one attached hydrogen (secondary N) is 2. The highest BCUT2D eigenvalue weighted by atomic mass is 16.5. The number of hydrogen-bond donors (Lipinski definition) is 6. The number of ketones is 1. The van der Waals surface area contributed by atoms with Crippen LogP contribution in [0.2, 0.25) is 0 Å². The van der Waals surface area contributed by atoms with Gasteiger partial charge in [-0.15, -0.1) is 0 Å². The minimum Gasteiger partial charge on any atom is -0.488 e. The van der Waals surface area contributed by atoms with E-state index in [-0.39, 0.29) is 65.6 Å². The van der Waals surface area contributed by atoms with Crippen LogP contribution in [-0.4, -0.2) is 78.4 Å². The molecule has 0 saturated carbocycles. The van der Waals surface area contributed by atoms with Crippen molar-refractivity contribution in [1.82, 2.24) is 10.6 Å². The Morgan fingerprint density at radius 3 is 1.57 bits per heavy atom. The summed E-state index contributed by atoms with van der Waals surface area (Å²) < 4.78 is 22.6. The van der Waals surface area contributed by atoms with Crippen LogP contribution >= 0.6 is 0 Å². The lowest BCUT2D eigenvalue weighted by molar-refractivity contribution is -0.383. The Balaban J connectivity index is 0.000000400. The minimum absolute atomic E-state index is 0. The third-order valence-corrected chi connectivity index (χ3v) is 9.81. The normalized spacial score (nSPS) is 20.7. The first-order chi connectivity index (χ1) is 27.5. The summed E-state index contributed by atoms with van der Waals surface area (Å²) in [4.78, 5) is 33.3. The molecule has 61 heavy (non-hydrogen) atoms. The predicted octanol–water partition coefficient (Wildman–Crippen LogP) is 5.44. The Bertz CT molecular complexity index is 1940. The molecule has 2 amide bonds. The molecule has 0 spiro atoms. The number of amides is 2. The smallest absolute Gasteiger partial charge is 0.217 e. The van der Waals surface area contributed by atoms with Gasteiger partial charge in [0.1, 0.15) is 60.5 Å². The lowest BCUT2D eigenvalue weighted by Crippen LogP contribution is -2.57. The number of para-hydroxylation sites is 4. The van der Waals surface area contributed by atoms with E-state index in [1.807, 2.05) is 72.8 Å². The van der Waals surface area contributed by atoms with Gasteiger partial charge < -0.3 is 51.3 Å². The number of aryl methyl sites for hydroxylation is 1. The molecule has 336 valence electrons. The second-order valence-electron chi connectivity index (χ2n) is 14.3. The van der Waals surface area contributed by atoms with E-state index in [1.165, 1.54) is 19.4 Å². The van der Waals surface area contributed by atoms with Crippen LogP contribution in [0.3, 0.4) is 0 Å². The maximum absolute atomic E-state index is 11.7. The van der Waals surface area contributed by atoms with E-state index >= 15 is 0 Å². The van der Waals surface area contributed by atoms with Crippen LogP contribution in [0.15, 0.2) is 97.1 Å². The highest BCUT2D eigenvalue weighted by molar-refractivity contribution is 5.99. The number of fused-ring (bicyclic) bond motifs is 4. The number of ether oxygens (including phenoxy) is 4. The molecule has 4 aliphatic rings. The molecular formula is C48H72N4O9+2. The van der Waals surface area contributed by atoms with Crippen molar-refractivity contribution in [3.63, 3.8) is 0 Å². The van der Waals surface area contributed by atoms with Crippen molar-refractivity contribution in [2.24, 2.45) is 0 Å². The fourth-order valence-corrected chi connectivity index (χ4v) is 6.79. The zero-order chi connectivity index (χ0) is 40.7. The second-order valence-corrected chi connectivity index (χ2v) is 14.3. The molecule has 0 aliphatic carbocycles. The zero-order valence-corrected chi connectivity index (χ0v) is 32.7. The van der Waals surface area contributed by atoms with Crippen LogP contribution < -0.4 is 41.0 Å². The number of Topliss-reactive ketones (excluding diaryl/α,β-unsaturated/α-hetero) is 1. The maximum Gasteiger partial charge on any atom is 0.217 e. The monoisotopic (exact) mass is 849 g/mol. The van der Waals surface area contributed by atoms with Crippen molar-refractivity contribution < 1.29 is 55.0 Å². The van der Waals surface area contributed by atoms with E-state index in [2.05, 4.69) is 34.2 Å². The van der Waals surface area contributed by atoms with E-state index < -0.39 is 12.2 Å². The number of carbonyl (C=O) groups excluding carboxylic acids is 3. The van der Waals surface area contributed by atoms with Gasteiger partial charge in [-0.25, -0.2) is 0 Å². The number of benzene rings is 4. The molecule has 6 unspecified atom stereocenters. The molecule has 13 nitrogen and oxygen atoms in total. The van der Waals surface area contributed by atoms with E-state index in [4.69, 9.17) is 18.9 Å². The number of carbonyl (C=O) groups is 3. The highest BCUT2D eigenvalue weighted by Crippen LogP contribution is 2.35. The molecule has 0 aromatic heterocycles. The van der Waals surface area contributed by atoms with Gasteiger partial charge in [0.15, 0.2) is 5.78 Å². The Morgan fingerprint density at radius 1 is 0.590 bits per heavy atom. The van der Waals surface area contributed by atoms with Gasteiger partial charge in [0, 0.05) is 44.2 Å². The van der Waals surface area contributed by atoms with E-state index in [1.54, 1.807) is 12.1 Å². The molecule has 0 saturated heterocycles. The first-order valence-corrected chi connectivity index (χ1v) is 19.5. The van der Waals surface area contributed by atoms with Crippen molar-refractivity contribution in [2.75, 3.05) is 26.2 Å². The molecule has 4 aliphatic heterocycles. The molecule has 4 aromatic rings. The molecular weight excluding hydrogens is 777 g/mol. The minimum atomic E-state index is -0.510. The average Bonchev–Trinajstić information content (AvgIpc) is 3.22. The number of aliphatic hydroxyl groups is 2. The summed E-state index contributed by atoms with van der Waals surface area (Å²) in [7, 11) is 0. The second kappa shape index (κ2) is 26.7. The number of aliphatic hydroxyl groups excluding tert-OH is 2. The molecule has 8 rings (SSSR count). The number of quaternary nitrogens is 2. The van der Waals surface area contributed by atoms with Crippen LogP contribution in [0, 0.1) is 0 Å². The van der Waals surface area contributed by atoms with Crippen LogP contribution in [0.1, 0.15) is 108 Å². The van der Waals surface area contributed by atoms with Crippen LogP contribution in [0.25, 0.3) is 0 Å². The van der Waals surface area contributed by atoms with Crippen molar-refractivity contribution >= 4 is 17.6 Å². The first kappa shape index (κ1) is 53.5. The maximum atomic E-state index is 11.7. The van der Waals surface area contributed by atoms with Gasteiger partial charge in [0.05, 0.1) is 30.9 Å². The largest absolute Gasteiger partial charge is 0.488 e. The standard InChI is InChI=1S/C12H15NO3.C12H13NO3.C10H13NO2.C10H13NO.4CH4/c2*1-8(14)13-7-9-6-11(15)10-4-2-3-5-12(10)16-9;11-6-7-5-9(12)8-3-1-2-4-10(8)13-7;11-7-9-6-5-8-3-1-2-4-10(8)12-9;;;;/h2-5,9,11,15H,6-7H2,1H3,(H,13,14);2-5,9H,6-7H2,1H3,(H,13,14);1-4,7,9,12H,5-6,11H2;1-4,9H,5-7,11H2;4*1H4/p+2. The fraction of sp³-hybridized carbons (Fsp3) is 0.438. The van der Waals surface area contributed by atoms with Gasteiger partial charge in [0.25, 0.3) is 0 Å². The Kier molecular flexibility index (Phi) is 23.4. The van der Waals surface area contributed by atoms with Gasteiger partial charge in [0.2, 0.25) is 11.8 Å². The van der Waals surface area contributed by atoms with Crippen molar-refractivity contribution in [1.29, 1.82) is 0 Å². The first-order valence-electron chi connectivity index (χ1n) is 19.5. The van der Waals surface area contributed by atoms with Gasteiger partial charge in [-0.3, -0.25) is 14.4 Å². The van der Waals surface area contributed by atoms with E-state index in [9.17, 15) is 24.6 Å². The van der Waals surface area contributed by atoms with Crippen molar-refractivity contribution in [3.8, 4) is 23.0 Å². The van der Waals surface area contributed by atoms with E-state index in [0.717, 1.165) is 42.0 Å². The summed E-state index contributed by atoms with van der Waals surface area (Å²) in [5.41, 5.74) is 11.3. The third-order valence-electron chi connectivity index (χ3n) is 9.81. The van der Waals surface area contributed by atoms with Crippen molar-refractivity contribution in [3.05, 3.63) is 119 Å². The summed E-state index contributed by atoms with van der Waals surface area (Å²) >= 11 is 0. The van der Waals surface area contributed by atoms with Gasteiger partial charge in [-0.2, -0.15) is 0 Å². The quantitative estimate of drug-likeness (QED) is 0.146. The molecule has 0 radical (unpaired) electrons. The molecule has 10 N–H and O–H groups in total. The predicted molar refractivity (Wildman–Crippen MR) is 240 cm³/mol. The third kappa shape index (κ3) is 15.8. The Morgan fingerprint density at radius 2 is 1.02 bits per heavy atom. The summed E-state index contributed by atoms with van der Waals surface area (Å²) in [5, 5.41) is 25.0. The molecule has 4 heterocycles. The van der Waals surface area contributed by atoms with Crippen LogP contribution in [0.5, 0.6) is 23.0 Å². The van der Waals surface area contributed by atoms with Gasteiger partial charge in [-0.05, 0) is 48.7 Å². The van der Waals surface area contributed by atoms with Gasteiger partial charge in [-0.1, -0.05) is 96.4 Å². The number of rotatable bonds is 6. The average molecular weight is 849 g/mol. The Labute approximate surface area is 363 Å². The summed E-state index contributed by atoms with van der Waals surface area (Å²) in [5.74, 6) is 3.03. The summed E-state index contributed by atoms with van der Waals surface area (Å²) in [6, 6.07) is 30.5. The zero-order valence-electron chi connectivity index (χ0n) is 32.7. The molecule has 4 aromatic carbocycles. The van der Waals surface area contributed by atoms with Gasteiger partial charge >= 0.3 is 0 Å². The Hall–Kier alpha value is -5.47.